The van der Waals surface area contributed by atoms with Crippen molar-refractivity contribution in [3.63, 3.8) is 0 Å². The van der Waals surface area contributed by atoms with Crippen molar-refractivity contribution >= 4 is 17.7 Å². The van der Waals surface area contributed by atoms with Crippen molar-refractivity contribution in [2.45, 2.75) is 37.8 Å². The van der Waals surface area contributed by atoms with Crippen molar-refractivity contribution in [3.05, 3.63) is 17.1 Å². The maximum atomic E-state index is 12.6. The molecule has 0 aromatic carbocycles. The standard InChI is InChI=1S/C13H19N3O2S/c1-8-11(12(19-3)15-9(2)14-8)13(18)16-6-4-10(17)5-7-16/h10,17H,4-7H2,1-3H3. The molecule has 19 heavy (non-hydrogen) atoms. The molecule has 0 spiro atoms. The molecule has 0 aliphatic carbocycles. The topological polar surface area (TPSA) is 66.3 Å². The van der Waals surface area contributed by atoms with Gasteiger partial charge in [-0.2, -0.15) is 0 Å². The number of nitrogens with zero attached hydrogens (tertiary/aromatic N) is 3. The number of carbonyl (C=O) groups excluding carboxylic acids is 1. The molecule has 2 rings (SSSR count). The molecular formula is C13H19N3O2S. The van der Waals surface area contributed by atoms with E-state index in [0.29, 0.717) is 37.3 Å². The van der Waals surface area contributed by atoms with Gasteiger partial charge >= 0.3 is 0 Å². The van der Waals surface area contributed by atoms with Crippen LogP contribution in [0.15, 0.2) is 5.03 Å². The van der Waals surface area contributed by atoms with Gasteiger partial charge in [0.25, 0.3) is 5.91 Å². The number of thioether (sulfide) groups is 1. The Morgan fingerprint density at radius 2 is 1.95 bits per heavy atom. The van der Waals surface area contributed by atoms with E-state index in [1.807, 2.05) is 20.1 Å². The third-order valence-electron chi connectivity index (χ3n) is 3.33. The highest BCUT2D eigenvalue weighted by Gasteiger charge is 2.26. The predicted molar refractivity (Wildman–Crippen MR) is 74.4 cm³/mol. The van der Waals surface area contributed by atoms with Crippen LogP contribution in [0.1, 0.15) is 34.7 Å². The molecular weight excluding hydrogens is 262 g/mol. The Hall–Kier alpha value is -1.14. The van der Waals surface area contributed by atoms with Crippen LogP contribution in [0.2, 0.25) is 0 Å². The van der Waals surface area contributed by atoms with Crippen molar-refractivity contribution in [2.75, 3.05) is 19.3 Å². The lowest BCUT2D eigenvalue weighted by Crippen LogP contribution is -2.40. The van der Waals surface area contributed by atoms with Crippen molar-refractivity contribution in [3.8, 4) is 0 Å². The lowest BCUT2D eigenvalue weighted by Gasteiger charge is -2.30. The fourth-order valence-electron chi connectivity index (χ4n) is 2.30. The van der Waals surface area contributed by atoms with Gasteiger partial charge in [0.1, 0.15) is 10.9 Å². The molecule has 1 aliphatic rings. The van der Waals surface area contributed by atoms with Gasteiger partial charge in [0.2, 0.25) is 0 Å². The molecule has 1 amide bonds. The maximum absolute atomic E-state index is 12.6. The molecule has 6 heteroatoms. The number of aromatic nitrogens is 2. The molecule has 2 heterocycles. The second-order valence-corrected chi connectivity index (χ2v) is 5.56. The van der Waals surface area contributed by atoms with Gasteiger partial charge in [-0.1, -0.05) is 0 Å². The van der Waals surface area contributed by atoms with Crippen LogP contribution >= 0.6 is 11.8 Å². The number of rotatable bonds is 2. The zero-order valence-corrected chi connectivity index (χ0v) is 12.3. The first-order chi connectivity index (χ1) is 9.02. The molecule has 5 nitrogen and oxygen atoms in total. The zero-order chi connectivity index (χ0) is 14.0. The molecule has 0 bridgehead atoms. The van der Waals surface area contributed by atoms with Gasteiger partial charge < -0.3 is 10.0 Å². The number of hydrogen-bond donors (Lipinski definition) is 1. The quantitative estimate of drug-likeness (QED) is 0.656. The number of hydrogen-bond acceptors (Lipinski definition) is 5. The van der Waals surface area contributed by atoms with Crippen LogP contribution in [-0.2, 0) is 0 Å². The van der Waals surface area contributed by atoms with Gasteiger partial charge in [-0.3, -0.25) is 4.79 Å². The van der Waals surface area contributed by atoms with Gasteiger partial charge in [0, 0.05) is 13.1 Å². The molecule has 1 aromatic heterocycles. The fraction of sp³-hybridized carbons (Fsp3) is 0.615. The molecule has 1 N–H and O–H groups in total. The number of aliphatic hydroxyl groups is 1. The summed E-state index contributed by atoms with van der Waals surface area (Å²) in [5.41, 5.74) is 1.34. The van der Waals surface area contributed by atoms with Gasteiger partial charge in [-0.25, -0.2) is 9.97 Å². The van der Waals surface area contributed by atoms with E-state index in [-0.39, 0.29) is 12.0 Å². The number of aliphatic hydroxyl groups excluding tert-OH is 1. The third kappa shape index (κ3) is 3.06. The van der Waals surface area contributed by atoms with E-state index in [9.17, 15) is 9.90 Å². The Bertz CT molecular complexity index is 485. The van der Waals surface area contributed by atoms with Gasteiger partial charge in [0.05, 0.1) is 17.4 Å². The minimum absolute atomic E-state index is 0.0197. The van der Waals surface area contributed by atoms with E-state index in [2.05, 4.69) is 9.97 Å². The van der Waals surface area contributed by atoms with Crippen molar-refractivity contribution in [1.29, 1.82) is 0 Å². The highest BCUT2D eigenvalue weighted by atomic mass is 32.2. The van der Waals surface area contributed by atoms with Gasteiger partial charge in [0.15, 0.2) is 0 Å². The van der Waals surface area contributed by atoms with Gasteiger partial charge in [-0.05, 0) is 32.9 Å². The molecule has 0 saturated carbocycles. The largest absolute Gasteiger partial charge is 0.393 e. The second kappa shape index (κ2) is 5.88. The van der Waals surface area contributed by atoms with Crippen LogP contribution in [0.25, 0.3) is 0 Å². The van der Waals surface area contributed by atoms with Crippen LogP contribution in [0.5, 0.6) is 0 Å². The van der Waals surface area contributed by atoms with E-state index in [1.165, 1.54) is 11.8 Å². The van der Waals surface area contributed by atoms with Gasteiger partial charge in [-0.15, -0.1) is 11.8 Å². The number of piperidine rings is 1. The summed E-state index contributed by atoms with van der Waals surface area (Å²) >= 11 is 1.47. The second-order valence-electron chi connectivity index (χ2n) is 4.76. The normalized spacial score (nSPS) is 16.7. The fourth-order valence-corrected chi connectivity index (χ4v) is 2.96. The maximum Gasteiger partial charge on any atom is 0.258 e. The highest BCUT2D eigenvalue weighted by molar-refractivity contribution is 7.98. The first-order valence-electron chi connectivity index (χ1n) is 6.39. The lowest BCUT2D eigenvalue weighted by molar-refractivity contribution is 0.0541. The first-order valence-corrected chi connectivity index (χ1v) is 7.62. The summed E-state index contributed by atoms with van der Waals surface area (Å²) in [5, 5.41) is 10.2. The minimum atomic E-state index is -0.278. The minimum Gasteiger partial charge on any atom is -0.393 e. The van der Waals surface area contributed by atoms with Crippen LogP contribution in [-0.4, -0.2) is 51.3 Å². The summed E-state index contributed by atoms with van der Waals surface area (Å²) in [5.74, 6) is 0.668. The van der Waals surface area contributed by atoms with Crippen molar-refractivity contribution in [1.82, 2.24) is 14.9 Å². The van der Waals surface area contributed by atoms with E-state index in [0.717, 1.165) is 10.7 Å². The summed E-state index contributed by atoms with van der Waals surface area (Å²) < 4.78 is 0. The molecule has 0 atom stereocenters. The molecule has 1 aliphatic heterocycles. The van der Waals surface area contributed by atoms with Crippen LogP contribution in [0.4, 0.5) is 0 Å². The molecule has 1 fully saturated rings. The van der Waals surface area contributed by atoms with E-state index < -0.39 is 0 Å². The Morgan fingerprint density at radius 1 is 1.32 bits per heavy atom. The van der Waals surface area contributed by atoms with Crippen LogP contribution < -0.4 is 0 Å². The number of aryl methyl sites for hydroxylation is 2. The summed E-state index contributed by atoms with van der Waals surface area (Å²) in [4.78, 5) is 23.0. The summed E-state index contributed by atoms with van der Waals surface area (Å²) in [6.45, 7) is 4.88. The first kappa shape index (κ1) is 14.3. The van der Waals surface area contributed by atoms with Crippen molar-refractivity contribution in [2.24, 2.45) is 0 Å². The lowest BCUT2D eigenvalue weighted by atomic mass is 10.1. The van der Waals surface area contributed by atoms with Crippen molar-refractivity contribution < 1.29 is 9.90 Å². The Morgan fingerprint density at radius 3 is 2.53 bits per heavy atom. The highest BCUT2D eigenvalue weighted by Crippen LogP contribution is 2.23. The predicted octanol–water partition coefficient (Wildman–Crippen LogP) is 1.41. The monoisotopic (exact) mass is 281 g/mol. The number of amides is 1. The van der Waals surface area contributed by atoms with Crippen LogP contribution in [0, 0.1) is 13.8 Å². The van der Waals surface area contributed by atoms with Crippen LogP contribution in [0.3, 0.4) is 0 Å². The Kier molecular flexibility index (Phi) is 4.42. The zero-order valence-electron chi connectivity index (χ0n) is 11.5. The van der Waals surface area contributed by atoms with E-state index >= 15 is 0 Å². The molecule has 104 valence electrons. The Balaban J connectivity index is 2.28. The number of likely N-dealkylation sites (tertiary alicyclic amines) is 1. The molecule has 0 unspecified atom stereocenters. The molecule has 1 aromatic rings. The smallest absolute Gasteiger partial charge is 0.258 e. The third-order valence-corrected chi connectivity index (χ3v) is 4.01. The number of carbonyl (C=O) groups is 1. The summed E-state index contributed by atoms with van der Waals surface area (Å²) in [6, 6.07) is 0. The molecule has 1 saturated heterocycles. The van der Waals surface area contributed by atoms with E-state index in [1.54, 1.807) is 4.90 Å². The SMILES string of the molecule is CSc1nc(C)nc(C)c1C(=O)N1CCC(O)CC1. The Labute approximate surface area is 117 Å². The molecule has 0 radical (unpaired) electrons. The summed E-state index contributed by atoms with van der Waals surface area (Å²) in [7, 11) is 0. The van der Waals surface area contributed by atoms with E-state index in [4.69, 9.17) is 0 Å². The summed E-state index contributed by atoms with van der Waals surface area (Å²) in [6.07, 6.45) is 2.93. The average Bonchev–Trinajstić information content (AvgIpc) is 2.38. The average molecular weight is 281 g/mol.